The van der Waals surface area contributed by atoms with Crippen molar-refractivity contribution in [2.45, 2.75) is 80.1 Å². The lowest BCUT2D eigenvalue weighted by molar-refractivity contribution is -0.128. The van der Waals surface area contributed by atoms with Crippen LogP contribution in [0.2, 0.25) is 0 Å². The van der Waals surface area contributed by atoms with Crippen LogP contribution < -0.4 is 10.6 Å². The smallest absolute Gasteiger partial charge is 0.255 e. The van der Waals surface area contributed by atoms with E-state index in [-0.39, 0.29) is 23.6 Å². The predicted octanol–water partition coefficient (Wildman–Crippen LogP) is 7.80. The number of anilines is 2. The third-order valence-electron chi connectivity index (χ3n) is 8.06. The number of carbonyl (C=O) groups excluding carboxylic acids is 4. The minimum atomic E-state index is -0.313. The summed E-state index contributed by atoms with van der Waals surface area (Å²) in [7, 11) is 0. The van der Waals surface area contributed by atoms with Gasteiger partial charge >= 0.3 is 0 Å². The maximum absolute atomic E-state index is 13.0. The van der Waals surface area contributed by atoms with Crippen molar-refractivity contribution < 1.29 is 19.2 Å². The first-order chi connectivity index (χ1) is 24.2. The van der Waals surface area contributed by atoms with Crippen molar-refractivity contribution in [2.75, 3.05) is 36.8 Å². The predicted molar refractivity (Wildman–Crippen MR) is 203 cm³/mol. The van der Waals surface area contributed by atoms with Gasteiger partial charge in [-0.2, -0.15) is 0 Å². The second kappa shape index (κ2) is 20.4. The average Bonchev–Trinajstić information content (AvgIpc) is 3.13. The number of rotatable bonds is 16. The second-order valence-corrected chi connectivity index (χ2v) is 11.7. The number of amidine groups is 2. The van der Waals surface area contributed by atoms with E-state index in [2.05, 4.69) is 34.5 Å². The maximum Gasteiger partial charge on any atom is 0.255 e. The third kappa shape index (κ3) is 10.9. The molecule has 0 unspecified atom stereocenters. The molecule has 3 aromatic carbocycles. The Hall–Kier alpha value is -5.12. The normalized spacial score (nSPS) is 11.6. The zero-order valence-corrected chi connectivity index (χ0v) is 30.4. The number of amides is 4. The van der Waals surface area contributed by atoms with E-state index in [4.69, 9.17) is 0 Å². The second-order valence-electron chi connectivity index (χ2n) is 11.7. The van der Waals surface area contributed by atoms with Crippen LogP contribution in [0.1, 0.15) is 112 Å². The Bertz CT molecular complexity index is 1510. The van der Waals surface area contributed by atoms with Gasteiger partial charge in [0.25, 0.3) is 11.8 Å². The van der Waals surface area contributed by atoms with E-state index < -0.39 is 0 Å². The van der Waals surface area contributed by atoms with Crippen LogP contribution >= 0.6 is 0 Å². The van der Waals surface area contributed by atoms with Crippen LogP contribution in [0.3, 0.4) is 0 Å². The molecule has 4 amide bonds. The lowest BCUT2D eigenvalue weighted by Crippen LogP contribution is -2.37. The van der Waals surface area contributed by atoms with Crippen LogP contribution in [-0.4, -0.2) is 71.3 Å². The lowest BCUT2D eigenvalue weighted by atomic mass is 10.1. The van der Waals surface area contributed by atoms with Crippen LogP contribution in [0.25, 0.3) is 0 Å². The molecular formula is C40H52N6O4. The summed E-state index contributed by atoms with van der Waals surface area (Å²) < 4.78 is 0. The van der Waals surface area contributed by atoms with E-state index >= 15 is 0 Å². The van der Waals surface area contributed by atoms with Crippen LogP contribution in [0.15, 0.2) is 82.8 Å². The molecule has 3 aromatic rings. The molecule has 3 rings (SSSR count). The van der Waals surface area contributed by atoms with Crippen LogP contribution in [0.4, 0.5) is 11.4 Å². The zero-order valence-electron chi connectivity index (χ0n) is 30.4. The topological polar surface area (TPSA) is 124 Å². The molecule has 0 spiro atoms. The molecule has 0 aliphatic rings. The molecule has 10 nitrogen and oxygen atoms in total. The molecule has 0 heterocycles. The first-order valence-electron chi connectivity index (χ1n) is 17.8. The Balaban J connectivity index is 1.65. The highest BCUT2D eigenvalue weighted by Crippen LogP contribution is 2.18. The van der Waals surface area contributed by atoms with E-state index in [9.17, 15) is 19.2 Å². The van der Waals surface area contributed by atoms with Crippen LogP contribution in [-0.2, 0) is 9.59 Å². The minimum Gasteiger partial charge on any atom is -0.322 e. The number of nitrogens with one attached hydrogen (secondary N) is 2. The molecule has 10 heteroatoms. The molecule has 0 saturated heterocycles. The standard InChI is InChI=1S/C40H52N6O4/c1-7-13-15-35(47)45(11-5)37(41-9-3)29-21-25-33(26-22-29)43-39(49)31-17-19-32(20-18-31)40(50)44-34-27-23-30(24-28-34)38(42-10-4)46(12-6)36(48)16-14-8-2/h17-28H,7-16H2,1-6H3,(H,43,49)(H,44,50). The summed E-state index contributed by atoms with van der Waals surface area (Å²) in [6.07, 6.45) is 4.51. The van der Waals surface area contributed by atoms with Gasteiger partial charge in [0.15, 0.2) is 0 Å². The Kier molecular flexibility index (Phi) is 16.0. The van der Waals surface area contributed by atoms with Gasteiger partial charge in [-0.25, -0.2) is 0 Å². The SMILES string of the molecule is CCCCC(=O)N(CC)C(=NCC)c1ccc(NC(=O)c2ccc(C(=O)Nc3ccc(C(=NCC)N(CC)C(=O)CCCC)cc3)cc2)cc1. The molecule has 0 aliphatic carbocycles. The molecule has 2 N–H and O–H groups in total. The van der Waals surface area contributed by atoms with E-state index in [1.54, 1.807) is 58.3 Å². The van der Waals surface area contributed by atoms with Gasteiger partial charge in [-0.3, -0.25) is 39.0 Å². The van der Waals surface area contributed by atoms with E-state index in [1.807, 2.05) is 52.0 Å². The summed E-state index contributed by atoms with van der Waals surface area (Å²) in [6, 6.07) is 21.0. The fraction of sp³-hybridized carbons (Fsp3) is 0.400. The van der Waals surface area contributed by atoms with E-state index in [0.29, 0.717) is 73.2 Å². The van der Waals surface area contributed by atoms with Crippen molar-refractivity contribution in [3.63, 3.8) is 0 Å². The first-order valence-corrected chi connectivity index (χ1v) is 17.8. The first kappa shape index (κ1) is 39.3. The number of aliphatic imine (C=N–C) groups is 2. The van der Waals surface area contributed by atoms with Gasteiger partial charge in [-0.05, 0) is 113 Å². The Morgan fingerprint density at radius 2 is 0.820 bits per heavy atom. The van der Waals surface area contributed by atoms with Crippen molar-refractivity contribution in [3.8, 4) is 0 Å². The molecule has 0 saturated carbocycles. The third-order valence-corrected chi connectivity index (χ3v) is 8.06. The maximum atomic E-state index is 13.0. The highest BCUT2D eigenvalue weighted by Gasteiger charge is 2.20. The molecule has 50 heavy (non-hydrogen) atoms. The molecule has 266 valence electrons. The minimum absolute atomic E-state index is 0.0515. The van der Waals surface area contributed by atoms with Gasteiger partial charge in [-0.1, -0.05) is 26.7 Å². The van der Waals surface area contributed by atoms with Crippen molar-refractivity contribution >= 4 is 46.7 Å². The van der Waals surface area contributed by atoms with Crippen molar-refractivity contribution in [1.82, 2.24) is 9.80 Å². The Morgan fingerprint density at radius 3 is 1.10 bits per heavy atom. The average molecular weight is 681 g/mol. The summed E-state index contributed by atoms with van der Waals surface area (Å²) in [5.74, 6) is 0.738. The zero-order chi connectivity index (χ0) is 36.5. The molecule has 0 bridgehead atoms. The molecule has 0 fully saturated rings. The van der Waals surface area contributed by atoms with Crippen molar-refractivity contribution in [3.05, 3.63) is 95.1 Å². The van der Waals surface area contributed by atoms with Crippen LogP contribution in [0.5, 0.6) is 0 Å². The number of hydrogen-bond acceptors (Lipinski definition) is 6. The Labute approximate surface area is 297 Å². The summed E-state index contributed by atoms with van der Waals surface area (Å²) in [4.78, 5) is 64.4. The van der Waals surface area contributed by atoms with Gasteiger partial charge in [0.1, 0.15) is 11.7 Å². The van der Waals surface area contributed by atoms with Crippen molar-refractivity contribution in [1.29, 1.82) is 0 Å². The fourth-order valence-corrected chi connectivity index (χ4v) is 5.36. The molecule has 0 atom stereocenters. The van der Waals surface area contributed by atoms with E-state index in [0.717, 1.165) is 36.8 Å². The highest BCUT2D eigenvalue weighted by molar-refractivity contribution is 6.10. The van der Waals surface area contributed by atoms with Gasteiger partial charge in [0.05, 0.1) is 0 Å². The quantitative estimate of drug-likeness (QED) is 0.118. The number of hydrogen-bond donors (Lipinski definition) is 2. The highest BCUT2D eigenvalue weighted by atomic mass is 16.2. The number of unbranched alkanes of at least 4 members (excludes halogenated alkanes) is 2. The largest absolute Gasteiger partial charge is 0.322 e. The van der Waals surface area contributed by atoms with Crippen molar-refractivity contribution in [2.24, 2.45) is 9.98 Å². The molecule has 0 aromatic heterocycles. The van der Waals surface area contributed by atoms with E-state index in [1.165, 1.54) is 0 Å². The molecule has 0 radical (unpaired) electrons. The fourth-order valence-electron chi connectivity index (χ4n) is 5.36. The van der Waals surface area contributed by atoms with Gasteiger partial charge in [0, 0.05) is 72.6 Å². The number of benzene rings is 3. The molecule has 0 aliphatic heterocycles. The number of nitrogens with zero attached hydrogens (tertiary/aromatic N) is 4. The number of carbonyl (C=O) groups is 4. The molecular weight excluding hydrogens is 628 g/mol. The summed E-state index contributed by atoms with van der Waals surface area (Å²) in [5, 5.41) is 5.79. The summed E-state index contributed by atoms with van der Waals surface area (Å²) in [6.45, 7) is 14.0. The lowest BCUT2D eigenvalue weighted by Gasteiger charge is -2.23. The summed E-state index contributed by atoms with van der Waals surface area (Å²) in [5.41, 5.74) is 3.60. The van der Waals surface area contributed by atoms with Gasteiger partial charge in [0.2, 0.25) is 11.8 Å². The Morgan fingerprint density at radius 1 is 0.500 bits per heavy atom. The van der Waals surface area contributed by atoms with Crippen LogP contribution in [0, 0.1) is 0 Å². The van der Waals surface area contributed by atoms with Gasteiger partial charge in [-0.15, -0.1) is 0 Å². The van der Waals surface area contributed by atoms with Gasteiger partial charge < -0.3 is 10.6 Å². The monoisotopic (exact) mass is 680 g/mol. The summed E-state index contributed by atoms with van der Waals surface area (Å²) >= 11 is 0.